The summed E-state index contributed by atoms with van der Waals surface area (Å²) in [7, 11) is 3.49. The molecule has 0 spiro atoms. The third-order valence-electron chi connectivity index (χ3n) is 4.14. The van der Waals surface area contributed by atoms with Crippen LogP contribution in [0, 0.1) is 5.82 Å². The molecule has 0 bridgehead atoms. The van der Waals surface area contributed by atoms with Crippen LogP contribution in [0.2, 0.25) is 0 Å². The molecule has 0 radical (unpaired) electrons. The second-order valence-corrected chi connectivity index (χ2v) is 6.29. The average molecular weight is 370 g/mol. The van der Waals surface area contributed by atoms with Gasteiger partial charge in [-0.1, -0.05) is 42.5 Å². The predicted octanol–water partition coefficient (Wildman–Crippen LogP) is 2.58. The van der Waals surface area contributed by atoms with Crippen LogP contribution in [0.1, 0.15) is 17.5 Å². The van der Waals surface area contributed by atoms with E-state index < -0.39 is 0 Å². The van der Waals surface area contributed by atoms with Crippen LogP contribution in [0.4, 0.5) is 4.39 Å². The van der Waals surface area contributed by atoms with Crippen LogP contribution < -0.4 is 10.6 Å². The summed E-state index contributed by atoms with van der Waals surface area (Å²) < 4.78 is 13.2. The Morgan fingerprint density at radius 2 is 1.74 bits per heavy atom. The second-order valence-electron chi connectivity index (χ2n) is 6.29. The maximum atomic E-state index is 13.2. The normalized spacial score (nSPS) is 11.1. The summed E-state index contributed by atoms with van der Waals surface area (Å²) in [6, 6.07) is 16.5. The first-order valence-corrected chi connectivity index (χ1v) is 9.05. The van der Waals surface area contributed by atoms with Crippen LogP contribution in [-0.4, -0.2) is 44.0 Å². The van der Waals surface area contributed by atoms with Crippen LogP contribution in [0.25, 0.3) is 0 Å². The number of halogens is 1. The van der Waals surface area contributed by atoms with Gasteiger partial charge in [0.05, 0.1) is 0 Å². The van der Waals surface area contributed by atoms with Crippen LogP contribution in [0.3, 0.4) is 0 Å². The van der Waals surface area contributed by atoms with Crippen molar-refractivity contribution in [2.24, 2.45) is 4.99 Å². The van der Waals surface area contributed by atoms with E-state index in [2.05, 4.69) is 15.6 Å². The highest BCUT2D eigenvalue weighted by Gasteiger charge is 2.09. The van der Waals surface area contributed by atoms with Crippen molar-refractivity contribution in [2.75, 3.05) is 27.2 Å². The SMILES string of the molecule is CN=C(NCCC(=O)N(C)Cc1ccccc1)NCCc1cccc(F)c1. The van der Waals surface area contributed by atoms with Gasteiger partial charge in [0.1, 0.15) is 5.82 Å². The molecule has 6 heteroatoms. The van der Waals surface area contributed by atoms with Crippen molar-refractivity contribution in [1.29, 1.82) is 0 Å². The van der Waals surface area contributed by atoms with E-state index in [0.29, 0.717) is 38.4 Å². The fraction of sp³-hybridized carbons (Fsp3) is 0.333. The summed E-state index contributed by atoms with van der Waals surface area (Å²) in [6.45, 7) is 1.73. The number of aliphatic imine (C=N–C) groups is 1. The van der Waals surface area contributed by atoms with Gasteiger partial charge in [-0.2, -0.15) is 0 Å². The van der Waals surface area contributed by atoms with E-state index in [0.717, 1.165) is 11.1 Å². The molecule has 5 nitrogen and oxygen atoms in total. The van der Waals surface area contributed by atoms with Gasteiger partial charge in [0, 0.05) is 40.2 Å². The monoisotopic (exact) mass is 370 g/mol. The highest BCUT2D eigenvalue weighted by atomic mass is 19.1. The molecule has 0 saturated carbocycles. The van der Waals surface area contributed by atoms with E-state index in [-0.39, 0.29) is 11.7 Å². The second kappa shape index (κ2) is 11.0. The number of rotatable bonds is 8. The molecule has 0 fully saturated rings. The molecule has 2 N–H and O–H groups in total. The average Bonchev–Trinajstić information content (AvgIpc) is 2.67. The van der Waals surface area contributed by atoms with Crippen molar-refractivity contribution < 1.29 is 9.18 Å². The lowest BCUT2D eigenvalue weighted by molar-refractivity contribution is -0.130. The lowest BCUT2D eigenvalue weighted by Gasteiger charge is -2.18. The Balaban J connectivity index is 1.67. The van der Waals surface area contributed by atoms with E-state index in [1.165, 1.54) is 12.1 Å². The van der Waals surface area contributed by atoms with E-state index in [1.54, 1.807) is 25.1 Å². The van der Waals surface area contributed by atoms with Gasteiger partial charge in [0.25, 0.3) is 0 Å². The molecule has 27 heavy (non-hydrogen) atoms. The summed E-state index contributed by atoms with van der Waals surface area (Å²) in [6.07, 6.45) is 1.07. The number of hydrogen-bond donors (Lipinski definition) is 2. The molecule has 2 rings (SSSR count). The van der Waals surface area contributed by atoms with Gasteiger partial charge >= 0.3 is 0 Å². The number of nitrogens with one attached hydrogen (secondary N) is 2. The minimum Gasteiger partial charge on any atom is -0.356 e. The van der Waals surface area contributed by atoms with E-state index in [1.807, 2.05) is 36.4 Å². The third-order valence-corrected chi connectivity index (χ3v) is 4.14. The lowest BCUT2D eigenvalue weighted by Crippen LogP contribution is -2.40. The zero-order valence-corrected chi connectivity index (χ0v) is 15.9. The number of carbonyl (C=O) groups is 1. The van der Waals surface area contributed by atoms with Crippen molar-refractivity contribution >= 4 is 11.9 Å². The van der Waals surface area contributed by atoms with Crippen LogP contribution >= 0.6 is 0 Å². The number of carbonyl (C=O) groups excluding carboxylic acids is 1. The Morgan fingerprint density at radius 1 is 1.04 bits per heavy atom. The molecular weight excluding hydrogens is 343 g/mol. The number of benzene rings is 2. The summed E-state index contributed by atoms with van der Waals surface area (Å²) in [5.74, 6) is 0.472. The molecule has 2 aromatic rings. The van der Waals surface area contributed by atoms with Gasteiger partial charge in [-0.05, 0) is 29.7 Å². The highest BCUT2D eigenvalue weighted by molar-refractivity contribution is 5.81. The number of nitrogens with zero attached hydrogens (tertiary/aromatic N) is 2. The first-order chi connectivity index (χ1) is 13.1. The largest absolute Gasteiger partial charge is 0.356 e. The maximum absolute atomic E-state index is 13.2. The van der Waals surface area contributed by atoms with Gasteiger partial charge in [-0.3, -0.25) is 9.79 Å². The van der Waals surface area contributed by atoms with Gasteiger partial charge in [-0.25, -0.2) is 4.39 Å². The molecule has 0 aromatic heterocycles. The predicted molar refractivity (Wildman–Crippen MR) is 107 cm³/mol. The fourth-order valence-corrected chi connectivity index (χ4v) is 2.66. The van der Waals surface area contributed by atoms with Crippen molar-refractivity contribution in [1.82, 2.24) is 15.5 Å². The zero-order chi connectivity index (χ0) is 19.5. The molecule has 1 amide bonds. The quantitative estimate of drug-likeness (QED) is 0.555. The molecule has 0 aliphatic carbocycles. The van der Waals surface area contributed by atoms with Gasteiger partial charge in [0.15, 0.2) is 5.96 Å². The first-order valence-electron chi connectivity index (χ1n) is 9.05. The smallest absolute Gasteiger partial charge is 0.224 e. The Labute approximate surface area is 160 Å². The molecule has 0 atom stereocenters. The minimum atomic E-state index is -0.229. The number of guanidine groups is 1. The summed E-state index contributed by atoms with van der Waals surface area (Å²) in [5.41, 5.74) is 2.03. The summed E-state index contributed by atoms with van der Waals surface area (Å²) in [4.78, 5) is 18.1. The Hall–Kier alpha value is -2.89. The fourth-order valence-electron chi connectivity index (χ4n) is 2.66. The molecule has 0 aliphatic heterocycles. The number of hydrogen-bond acceptors (Lipinski definition) is 2. The van der Waals surface area contributed by atoms with Crippen molar-refractivity contribution in [2.45, 2.75) is 19.4 Å². The lowest BCUT2D eigenvalue weighted by atomic mass is 10.1. The van der Waals surface area contributed by atoms with Gasteiger partial charge < -0.3 is 15.5 Å². The molecule has 0 unspecified atom stereocenters. The maximum Gasteiger partial charge on any atom is 0.224 e. The summed E-state index contributed by atoms with van der Waals surface area (Å²) >= 11 is 0. The van der Waals surface area contributed by atoms with E-state index in [9.17, 15) is 9.18 Å². The van der Waals surface area contributed by atoms with E-state index >= 15 is 0 Å². The Bertz CT molecular complexity index is 749. The molecule has 0 aliphatic rings. The molecular formula is C21H27FN4O. The third kappa shape index (κ3) is 7.48. The van der Waals surface area contributed by atoms with Crippen molar-refractivity contribution in [3.63, 3.8) is 0 Å². The Morgan fingerprint density at radius 3 is 2.44 bits per heavy atom. The van der Waals surface area contributed by atoms with Crippen molar-refractivity contribution in [3.05, 3.63) is 71.5 Å². The number of amides is 1. The topological polar surface area (TPSA) is 56.7 Å². The summed E-state index contributed by atoms with van der Waals surface area (Å²) in [5, 5.41) is 6.31. The van der Waals surface area contributed by atoms with Gasteiger partial charge in [-0.15, -0.1) is 0 Å². The van der Waals surface area contributed by atoms with Crippen LogP contribution in [0.15, 0.2) is 59.6 Å². The van der Waals surface area contributed by atoms with Crippen LogP contribution in [0.5, 0.6) is 0 Å². The van der Waals surface area contributed by atoms with E-state index in [4.69, 9.17) is 0 Å². The molecule has 0 heterocycles. The standard InChI is InChI=1S/C21H27FN4O/c1-23-21(24-13-11-17-9-6-10-19(22)15-17)25-14-12-20(27)26(2)16-18-7-4-3-5-8-18/h3-10,15H,11-14,16H2,1-2H3,(H2,23,24,25). The Kier molecular flexibility index (Phi) is 8.29. The zero-order valence-electron chi connectivity index (χ0n) is 15.9. The van der Waals surface area contributed by atoms with Gasteiger partial charge in [0.2, 0.25) is 5.91 Å². The highest BCUT2D eigenvalue weighted by Crippen LogP contribution is 2.04. The molecule has 2 aromatic carbocycles. The van der Waals surface area contributed by atoms with Crippen molar-refractivity contribution in [3.8, 4) is 0 Å². The molecule has 144 valence electrons. The first kappa shape index (κ1) is 20.4. The van der Waals surface area contributed by atoms with Crippen LogP contribution in [-0.2, 0) is 17.8 Å². The minimum absolute atomic E-state index is 0.0709. The molecule has 0 saturated heterocycles.